The summed E-state index contributed by atoms with van der Waals surface area (Å²) in [5.74, 6) is 0.129. The summed E-state index contributed by atoms with van der Waals surface area (Å²) in [6, 6.07) is 13.6. The summed E-state index contributed by atoms with van der Waals surface area (Å²) < 4.78 is 25.5. The Labute approximate surface area is 153 Å². The molecule has 2 atom stereocenters. The average Bonchev–Trinajstić information content (AvgIpc) is 2.60. The first-order chi connectivity index (χ1) is 12.4. The minimum Gasteiger partial charge on any atom is -0.487 e. The van der Waals surface area contributed by atoms with Crippen molar-refractivity contribution in [2.24, 2.45) is 0 Å². The molecule has 26 heavy (non-hydrogen) atoms. The molecule has 0 saturated heterocycles. The van der Waals surface area contributed by atoms with Crippen LogP contribution in [0.2, 0.25) is 0 Å². The summed E-state index contributed by atoms with van der Waals surface area (Å²) in [5, 5.41) is 3.06. The van der Waals surface area contributed by atoms with Crippen molar-refractivity contribution >= 4 is 5.91 Å². The highest BCUT2D eigenvalue weighted by atomic mass is 19.1. The first-order valence-corrected chi connectivity index (χ1v) is 8.89. The largest absolute Gasteiger partial charge is 0.487 e. The zero-order valence-electron chi connectivity index (χ0n) is 15.3. The lowest BCUT2D eigenvalue weighted by atomic mass is 9.89. The number of halogens is 1. The maximum Gasteiger partial charge on any atom is 0.261 e. The van der Waals surface area contributed by atoms with Gasteiger partial charge in [0, 0.05) is 12.0 Å². The molecule has 0 spiro atoms. The van der Waals surface area contributed by atoms with E-state index >= 15 is 0 Å². The van der Waals surface area contributed by atoms with Gasteiger partial charge in [0.1, 0.15) is 11.4 Å². The Hall–Kier alpha value is -2.56. The molecule has 1 N–H and O–H groups in total. The van der Waals surface area contributed by atoms with E-state index in [0.717, 1.165) is 11.3 Å². The van der Waals surface area contributed by atoms with E-state index in [-0.39, 0.29) is 23.3 Å². The van der Waals surface area contributed by atoms with Gasteiger partial charge in [-0.1, -0.05) is 37.3 Å². The van der Waals surface area contributed by atoms with Crippen molar-refractivity contribution in [3.63, 3.8) is 0 Å². The third-order valence-corrected chi connectivity index (χ3v) is 4.46. The van der Waals surface area contributed by atoms with Gasteiger partial charge in [-0.25, -0.2) is 4.39 Å². The van der Waals surface area contributed by atoms with Crippen LogP contribution in [-0.4, -0.2) is 17.6 Å². The van der Waals surface area contributed by atoms with E-state index in [0.29, 0.717) is 12.8 Å². The molecule has 5 heteroatoms. The quantitative estimate of drug-likeness (QED) is 0.863. The Morgan fingerprint density at radius 1 is 1.27 bits per heavy atom. The summed E-state index contributed by atoms with van der Waals surface area (Å²) in [6.45, 7) is 5.83. The minimum atomic E-state index is -0.759. The van der Waals surface area contributed by atoms with Gasteiger partial charge in [0.15, 0.2) is 17.7 Å². The molecule has 2 aromatic rings. The number of carbonyl (C=O) groups is 1. The molecule has 4 nitrogen and oxygen atoms in total. The van der Waals surface area contributed by atoms with Crippen LogP contribution in [0.25, 0.3) is 0 Å². The minimum absolute atomic E-state index is 0.0854. The van der Waals surface area contributed by atoms with E-state index in [4.69, 9.17) is 9.47 Å². The number of carbonyl (C=O) groups excluding carboxylic acids is 1. The van der Waals surface area contributed by atoms with Crippen molar-refractivity contribution in [2.75, 3.05) is 0 Å². The van der Waals surface area contributed by atoms with Crippen molar-refractivity contribution in [1.29, 1.82) is 0 Å². The van der Waals surface area contributed by atoms with Crippen molar-refractivity contribution < 1.29 is 18.7 Å². The molecule has 0 fully saturated rings. The van der Waals surface area contributed by atoms with E-state index in [1.54, 1.807) is 12.1 Å². The molecule has 0 bridgehead atoms. The van der Waals surface area contributed by atoms with Gasteiger partial charge in [0.25, 0.3) is 5.91 Å². The number of nitrogens with one attached hydrogen (secondary N) is 1. The first-order valence-electron chi connectivity index (χ1n) is 8.89. The van der Waals surface area contributed by atoms with Gasteiger partial charge in [0.05, 0.1) is 6.04 Å². The molecule has 1 heterocycles. The Kier molecular flexibility index (Phi) is 5.16. The average molecular weight is 357 g/mol. The van der Waals surface area contributed by atoms with E-state index in [9.17, 15) is 9.18 Å². The fourth-order valence-electron chi connectivity index (χ4n) is 3.21. The highest BCUT2D eigenvalue weighted by Gasteiger charge is 2.35. The lowest BCUT2D eigenvalue weighted by Crippen LogP contribution is -2.45. The molecule has 0 radical (unpaired) electrons. The zero-order valence-corrected chi connectivity index (χ0v) is 15.3. The topological polar surface area (TPSA) is 47.6 Å². The number of ether oxygens (including phenoxy) is 2. The van der Waals surface area contributed by atoms with Crippen LogP contribution in [0.1, 0.15) is 45.2 Å². The predicted octanol–water partition coefficient (Wildman–Crippen LogP) is 4.40. The number of para-hydroxylation sites is 2. The van der Waals surface area contributed by atoms with Crippen LogP contribution in [0.3, 0.4) is 0 Å². The highest BCUT2D eigenvalue weighted by Crippen LogP contribution is 2.39. The number of amides is 1. The van der Waals surface area contributed by atoms with Crippen molar-refractivity contribution in [3.8, 4) is 11.5 Å². The number of hydrogen-bond donors (Lipinski definition) is 1. The molecular formula is C21H24FNO3. The Morgan fingerprint density at radius 3 is 2.69 bits per heavy atom. The van der Waals surface area contributed by atoms with Gasteiger partial charge in [-0.2, -0.15) is 0 Å². The molecule has 3 rings (SSSR count). The predicted molar refractivity (Wildman–Crippen MR) is 97.8 cm³/mol. The van der Waals surface area contributed by atoms with Crippen LogP contribution in [0.15, 0.2) is 48.5 Å². The smallest absolute Gasteiger partial charge is 0.261 e. The lowest BCUT2D eigenvalue weighted by molar-refractivity contribution is -0.129. The van der Waals surface area contributed by atoms with Gasteiger partial charge in [-0.05, 0) is 38.5 Å². The second-order valence-corrected chi connectivity index (χ2v) is 7.11. The Bertz CT molecular complexity index is 790. The van der Waals surface area contributed by atoms with Crippen LogP contribution in [0.4, 0.5) is 4.39 Å². The van der Waals surface area contributed by atoms with Gasteiger partial charge in [-0.15, -0.1) is 0 Å². The van der Waals surface area contributed by atoms with Crippen LogP contribution in [0, 0.1) is 5.82 Å². The molecule has 0 saturated carbocycles. The maximum atomic E-state index is 13.8. The molecule has 0 aromatic heterocycles. The monoisotopic (exact) mass is 357 g/mol. The molecule has 1 amide bonds. The second-order valence-electron chi connectivity index (χ2n) is 7.11. The molecule has 138 valence electrons. The molecule has 0 unspecified atom stereocenters. The SMILES string of the molecule is CC[C@H](Oc1ccccc1F)C(=O)N[C@@H]1CC(C)(C)Oc2ccccc21. The van der Waals surface area contributed by atoms with Crippen molar-refractivity contribution in [1.82, 2.24) is 5.32 Å². The summed E-state index contributed by atoms with van der Waals surface area (Å²) in [6.07, 6.45) is 0.324. The van der Waals surface area contributed by atoms with Gasteiger partial charge < -0.3 is 14.8 Å². The fraction of sp³-hybridized carbons (Fsp3) is 0.381. The first kappa shape index (κ1) is 18.2. The third kappa shape index (κ3) is 3.98. The summed E-state index contributed by atoms with van der Waals surface area (Å²) >= 11 is 0. The summed E-state index contributed by atoms with van der Waals surface area (Å²) in [4.78, 5) is 12.8. The van der Waals surface area contributed by atoms with Gasteiger partial charge in [0.2, 0.25) is 0 Å². The van der Waals surface area contributed by atoms with Crippen molar-refractivity contribution in [2.45, 2.75) is 51.4 Å². The fourth-order valence-corrected chi connectivity index (χ4v) is 3.21. The number of fused-ring (bicyclic) bond motifs is 1. The lowest BCUT2D eigenvalue weighted by Gasteiger charge is -2.38. The number of rotatable bonds is 5. The van der Waals surface area contributed by atoms with E-state index < -0.39 is 11.9 Å². The van der Waals surface area contributed by atoms with Crippen LogP contribution >= 0.6 is 0 Å². The van der Waals surface area contributed by atoms with Crippen LogP contribution in [0.5, 0.6) is 11.5 Å². The normalized spacial score (nSPS) is 19.0. The summed E-state index contributed by atoms with van der Waals surface area (Å²) in [5.41, 5.74) is 0.557. The third-order valence-electron chi connectivity index (χ3n) is 4.46. The molecule has 2 aromatic carbocycles. The maximum absolute atomic E-state index is 13.8. The van der Waals surface area contributed by atoms with Gasteiger partial charge >= 0.3 is 0 Å². The van der Waals surface area contributed by atoms with E-state index in [1.165, 1.54) is 12.1 Å². The zero-order chi connectivity index (χ0) is 18.7. The number of benzene rings is 2. The Balaban J connectivity index is 1.77. The molecule has 0 aliphatic carbocycles. The molecule has 1 aliphatic heterocycles. The second kappa shape index (κ2) is 7.36. The van der Waals surface area contributed by atoms with Crippen molar-refractivity contribution in [3.05, 3.63) is 59.9 Å². The number of hydrogen-bond acceptors (Lipinski definition) is 3. The van der Waals surface area contributed by atoms with E-state index in [2.05, 4.69) is 5.32 Å². The Morgan fingerprint density at radius 2 is 1.96 bits per heavy atom. The standard InChI is InChI=1S/C21H24FNO3/c1-4-17(25-19-12-8-6-10-15(19)22)20(24)23-16-13-21(2,3)26-18-11-7-5-9-14(16)18/h5-12,16-17H,4,13H2,1-3H3,(H,23,24)/t16-,17+/m1/s1. The van der Waals surface area contributed by atoms with Crippen LogP contribution in [-0.2, 0) is 4.79 Å². The van der Waals surface area contributed by atoms with Crippen LogP contribution < -0.4 is 14.8 Å². The molecular weight excluding hydrogens is 333 g/mol. The van der Waals surface area contributed by atoms with E-state index in [1.807, 2.05) is 45.0 Å². The van der Waals surface area contributed by atoms with Gasteiger partial charge in [-0.3, -0.25) is 4.79 Å². The highest BCUT2D eigenvalue weighted by molar-refractivity contribution is 5.81. The summed E-state index contributed by atoms with van der Waals surface area (Å²) in [7, 11) is 0. The molecule has 1 aliphatic rings.